The summed E-state index contributed by atoms with van der Waals surface area (Å²) in [5.74, 6) is 1.30. The first-order valence-corrected chi connectivity index (χ1v) is 8.98. The third kappa shape index (κ3) is 3.22. The summed E-state index contributed by atoms with van der Waals surface area (Å²) in [5.41, 5.74) is 2.59. The zero-order valence-corrected chi connectivity index (χ0v) is 15.9. The molecule has 5 heteroatoms. The summed E-state index contributed by atoms with van der Waals surface area (Å²) in [6.45, 7) is 0. The predicted molar refractivity (Wildman–Crippen MR) is 108 cm³/mol. The normalized spacial score (nSPS) is 18.6. The predicted octanol–water partition coefficient (Wildman–Crippen LogP) is 2.12. The van der Waals surface area contributed by atoms with Crippen molar-refractivity contribution >= 4 is 22.4 Å². The summed E-state index contributed by atoms with van der Waals surface area (Å²) in [7, 11) is 8.10. The molecule has 0 fully saturated rings. The lowest BCUT2D eigenvalue weighted by Gasteiger charge is -2.24. The number of likely N-dealkylation sites (N-methyl/N-ethyl adjacent to an activating group) is 1. The van der Waals surface area contributed by atoms with E-state index >= 15 is 0 Å². The van der Waals surface area contributed by atoms with Crippen LogP contribution in [0.1, 0.15) is 5.56 Å². The quantitative estimate of drug-likeness (QED) is 0.849. The van der Waals surface area contributed by atoms with E-state index in [0.717, 1.165) is 22.4 Å². The highest BCUT2D eigenvalue weighted by Gasteiger charge is 2.23. The van der Waals surface area contributed by atoms with Gasteiger partial charge in [-0.25, -0.2) is 4.79 Å². The van der Waals surface area contributed by atoms with E-state index in [2.05, 4.69) is 32.3 Å². The molecule has 1 aromatic carbocycles. The van der Waals surface area contributed by atoms with Gasteiger partial charge in [0.15, 0.2) is 0 Å². The fourth-order valence-corrected chi connectivity index (χ4v) is 3.21. The highest BCUT2D eigenvalue weighted by atomic mass is 16.5. The Morgan fingerprint density at radius 2 is 1.89 bits per heavy atom. The number of ether oxygens (including phenoxy) is 1. The van der Waals surface area contributed by atoms with Gasteiger partial charge in [0.05, 0.1) is 14.1 Å². The van der Waals surface area contributed by atoms with Crippen LogP contribution in [0.5, 0.6) is 0 Å². The summed E-state index contributed by atoms with van der Waals surface area (Å²) in [6, 6.07) is 7.90. The number of allylic oxidation sites excluding steroid dienone is 3. The lowest BCUT2D eigenvalue weighted by molar-refractivity contribution is -0.871. The second-order valence-electron chi connectivity index (χ2n) is 7.31. The Morgan fingerprint density at radius 3 is 2.63 bits per heavy atom. The Hall–Kier alpha value is -3.05. The van der Waals surface area contributed by atoms with E-state index in [9.17, 15) is 4.79 Å². The maximum Gasteiger partial charge on any atom is 0.347 e. The molecular weight excluding hydrogens is 340 g/mol. The van der Waals surface area contributed by atoms with E-state index in [-0.39, 0.29) is 6.04 Å². The average molecular weight is 363 g/mol. The number of anilines is 1. The number of hydrogen-bond donors (Lipinski definition) is 1. The maximum absolute atomic E-state index is 12.6. The van der Waals surface area contributed by atoms with Gasteiger partial charge in [0.1, 0.15) is 28.7 Å². The molecule has 1 aliphatic carbocycles. The second kappa shape index (κ2) is 6.59. The van der Waals surface area contributed by atoms with Crippen LogP contribution >= 0.6 is 0 Å². The maximum atomic E-state index is 12.6. The molecule has 2 aromatic rings. The summed E-state index contributed by atoms with van der Waals surface area (Å²) >= 11 is 0. The van der Waals surface area contributed by atoms with E-state index in [1.54, 1.807) is 0 Å². The first kappa shape index (κ1) is 17.4. The highest BCUT2D eigenvalue weighted by Crippen LogP contribution is 2.31. The van der Waals surface area contributed by atoms with Crippen molar-refractivity contribution in [3.8, 4) is 0 Å². The molecule has 0 saturated carbocycles. The molecule has 5 nitrogen and oxygen atoms in total. The largest absolute Gasteiger partial charge is 0.456 e. The lowest BCUT2D eigenvalue weighted by atomic mass is 10.0. The minimum absolute atomic E-state index is 0.244. The van der Waals surface area contributed by atoms with Gasteiger partial charge in [0, 0.05) is 42.9 Å². The van der Waals surface area contributed by atoms with Gasteiger partial charge in [-0.05, 0) is 42.5 Å². The van der Waals surface area contributed by atoms with Gasteiger partial charge in [0.25, 0.3) is 0 Å². The molecule has 4 rings (SSSR count). The third-order valence-corrected chi connectivity index (χ3v) is 4.90. The molecule has 0 radical (unpaired) electrons. The van der Waals surface area contributed by atoms with Crippen LogP contribution in [0.2, 0.25) is 0 Å². The number of rotatable bonds is 3. The van der Waals surface area contributed by atoms with Crippen molar-refractivity contribution in [1.29, 1.82) is 0 Å². The molecular formula is C22H23N2O3+. The first-order valence-electron chi connectivity index (χ1n) is 8.98. The Kier molecular flexibility index (Phi) is 4.24. The number of nitrogens with zero attached hydrogens (tertiary/aromatic N) is 1. The van der Waals surface area contributed by atoms with E-state index in [4.69, 9.17) is 9.15 Å². The molecule has 0 bridgehead atoms. The van der Waals surface area contributed by atoms with Crippen LogP contribution in [0.15, 0.2) is 75.2 Å². The number of fused-ring (bicyclic) bond motifs is 2. The SMILES string of the molecule is CN(C)c1ccc2cc(C3=CC=C4C=CC([NH+](C)C)C=C4O3)c(=O)oc2c1. The number of quaternary nitrogens is 1. The Bertz CT molecular complexity index is 1080. The van der Waals surface area contributed by atoms with Crippen molar-refractivity contribution in [2.45, 2.75) is 6.04 Å². The number of hydrogen-bond acceptors (Lipinski definition) is 4. The summed E-state index contributed by atoms with van der Waals surface area (Å²) < 4.78 is 11.6. The van der Waals surface area contributed by atoms with Crippen molar-refractivity contribution in [2.24, 2.45) is 0 Å². The van der Waals surface area contributed by atoms with Crippen molar-refractivity contribution in [2.75, 3.05) is 33.1 Å². The van der Waals surface area contributed by atoms with Gasteiger partial charge in [-0.3, -0.25) is 0 Å². The van der Waals surface area contributed by atoms with Crippen molar-refractivity contribution in [1.82, 2.24) is 0 Å². The van der Waals surface area contributed by atoms with E-state index in [0.29, 0.717) is 16.9 Å². The highest BCUT2D eigenvalue weighted by molar-refractivity contribution is 5.83. The fraction of sp³-hybridized carbons (Fsp3) is 0.227. The Morgan fingerprint density at radius 1 is 1.07 bits per heavy atom. The molecule has 1 aromatic heterocycles. The Balaban J connectivity index is 1.74. The van der Waals surface area contributed by atoms with Crippen LogP contribution in [0.25, 0.3) is 16.7 Å². The van der Waals surface area contributed by atoms with Gasteiger partial charge >= 0.3 is 5.63 Å². The molecule has 1 aliphatic heterocycles. The topological polar surface area (TPSA) is 47.1 Å². The third-order valence-electron chi connectivity index (χ3n) is 4.90. The first-order chi connectivity index (χ1) is 12.9. The number of benzene rings is 1. The fourth-order valence-electron chi connectivity index (χ4n) is 3.21. The smallest absolute Gasteiger partial charge is 0.347 e. The van der Waals surface area contributed by atoms with Crippen LogP contribution < -0.4 is 15.4 Å². The standard InChI is InChI=1S/C22H22N2O3/c1-23(2)16-8-5-14-7-10-19(26-20(14)12-16)18-11-15-6-9-17(24(3)4)13-21(15)27-22(18)25/h5-13,16H,1-4H3/p+1. The molecule has 0 saturated heterocycles. The van der Waals surface area contributed by atoms with E-state index in [1.165, 1.54) is 4.90 Å². The summed E-state index contributed by atoms with van der Waals surface area (Å²) in [5, 5.41) is 0.864. The van der Waals surface area contributed by atoms with Gasteiger partial charge in [0.2, 0.25) is 0 Å². The summed E-state index contributed by atoms with van der Waals surface area (Å²) in [4.78, 5) is 15.8. The monoisotopic (exact) mass is 363 g/mol. The molecule has 2 heterocycles. The van der Waals surface area contributed by atoms with E-state index in [1.807, 2.05) is 55.4 Å². The Labute approximate surface area is 158 Å². The number of nitrogens with one attached hydrogen (secondary N) is 1. The molecule has 1 N–H and O–H groups in total. The van der Waals surface area contributed by atoms with Crippen LogP contribution in [0.3, 0.4) is 0 Å². The zero-order chi connectivity index (χ0) is 19.1. The molecule has 27 heavy (non-hydrogen) atoms. The van der Waals surface area contributed by atoms with Crippen LogP contribution in [-0.2, 0) is 4.74 Å². The molecule has 1 unspecified atom stereocenters. The zero-order valence-electron chi connectivity index (χ0n) is 15.9. The molecule has 1 atom stereocenters. The minimum atomic E-state index is -0.400. The van der Waals surface area contributed by atoms with Gasteiger partial charge in [-0.15, -0.1) is 0 Å². The molecule has 2 aliphatic rings. The van der Waals surface area contributed by atoms with Crippen LogP contribution in [0.4, 0.5) is 5.69 Å². The van der Waals surface area contributed by atoms with Crippen molar-refractivity contribution in [3.63, 3.8) is 0 Å². The lowest BCUT2D eigenvalue weighted by Crippen LogP contribution is -3.09. The van der Waals surface area contributed by atoms with Gasteiger partial charge in [-0.1, -0.05) is 0 Å². The van der Waals surface area contributed by atoms with Gasteiger partial charge < -0.3 is 19.0 Å². The summed E-state index contributed by atoms with van der Waals surface area (Å²) in [6.07, 6.45) is 10.1. The molecule has 0 amide bonds. The van der Waals surface area contributed by atoms with Crippen molar-refractivity contribution in [3.05, 3.63) is 82.0 Å². The van der Waals surface area contributed by atoms with Crippen molar-refractivity contribution < 1.29 is 14.1 Å². The van der Waals surface area contributed by atoms with Gasteiger partial charge in [-0.2, -0.15) is 0 Å². The van der Waals surface area contributed by atoms with Crippen LogP contribution in [0, 0.1) is 0 Å². The van der Waals surface area contributed by atoms with E-state index < -0.39 is 5.63 Å². The molecule has 0 spiro atoms. The molecule has 138 valence electrons. The van der Waals surface area contributed by atoms with Crippen LogP contribution in [-0.4, -0.2) is 34.2 Å². The second-order valence-corrected chi connectivity index (χ2v) is 7.31. The average Bonchev–Trinajstić information content (AvgIpc) is 2.66. The minimum Gasteiger partial charge on any atom is -0.456 e.